The Kier molecular flexibility index (Phi) is 13.1. The van der Waals surface area contributed by atoms with Gasteiger partial charge in [0.15, 0.2) is 0 Å². The van der Waals surface area contributed by atoms with Crippen LogP contribution < -0.4 is 21.3 Å². The van der Waals surface area contributed by atoms with Gasteiger partial charge in [-0.2, -0.15) is 0 Å². The summed E-state index contributed by atoms with van der Waals surface area (Å²) in [6, 6.07) is 34.5. The average molecular weight is 878 g/mol. The third-order valence-electron chi connectivity index (χ3n) is 12.4. The number of fused-ring (bicyclic) bond motifs is 3. The van der Waals surface area contributed by atoms with Gasteiger partial charge >= 0.3 is 12.2 Å². The van der Waals surface area contributed by atoms with Crippen molar-refractivity contribution >= 4 is 69.0 Å². The van der Waals surface area contributed by atoms with E-state index in [-0.39, 0.29) is 17.9 Å². The zero-order chi connectivity index (χ0) is 45.6. The summed E-state index contributed by atoms with van der Waals surface area (Å²) in [5.41, 5.74) is 4.73. The molecule has 15 nitrogen and oxygen atoms in total. The maximum Gasteiger partial charge on any atom is 0.405 e. The first-order chi connectivity index (χ1) is 31.5. The number of amides is 6. The van der Waals surface area contributed by atoms with Crippen LogP contribution in [0.1, 0.15) is 80.3 Å². The van der Waals surface area contributed by atoms with E-state index >= 15 is 0 Å². The largest absolute Gasteiger partial charge is 0.465 e. The lowest BCUT2D eigenvalue weighted by molar-refractivity contribution is -0.138. The molecule has 2 saturated heterocycles. The summed E-state index contributed by atoms with van der Waals surface area (Å²) < 4.78 is 2.23. The van der Waals surface area contributed by atoms with E-state index in [1.165, 1.54) is 9.80 Å². The number of aromatic nitrogens is 1. The molecule has 2 aliphatic heterocycles. The summed E-state index contributed by atoms with van der Waals surface area (Å²) in [7, 11) is 0. The molecule has 6 aromatic rings. The Morgan fingerprint density at radius 1 is 0.569 bits per heavy atom. The highest BCUT2D eigenvalue weighted by Crippen LogP contribution is 2.39. The number of likely N-dealkylation sites (tertiary alicyclic amines) is 2. The van der Waals surface area contributed by atoms with Crippen LogP contribution in [0.2, 0.25) is 0 Å². The number of nitrogens with one attached hydrogen (secondary N) is 4. The SMILES string of the molecule is CCCC(c1ccccc1)n1c2cc(NC(=O)[C@@H]3CCCN3C(=O)C(NC(=O)O)c3ccccc3)ccc2c2ccc(NC(=O)[C@@H]3CCCN3C(=O)C(NC(=O)O)c3ccccc3)cc21. The molecule has 3 heterocycles. The van der Waals surface area contributed by atoms with Crippen molar-refractivity contribution in [1.82, 2.24) is 25.0 Å². The maximum absolute atomic E-state index is 14.1. The van der Waals surface area contributed by atoms with Gasteiger partial charge in [-0.1, -0.05) is 116 Å². The first kappa shape index (κ1) is 43.9. The monoisotopic (exact) mass is 877 g/mol. The van der Waals surface area contributed by atoms with Crippen molar-refractivity contribution in [2.45, 2.75) is 75.7 Å². The summed E-state index contributed by atoms with van der Waals surface area (Å²) >= 11 is 0. The van der Waals surface area contributed by atoms with Gasteiger partial charge in [0.1, 0.15) is 24.2 Å². The number of anilines is 2. The van der Waals surface area contributed by atoms with Gasteiger partial charge in [0.2, 0.25) is 11.8 Å². The van der Waals surface area contributed by atoms with Gasteiger partial charge < -0.3 is 45.8 Å². The van der Waals surface area contributed by atoms with Crippen molar-refractivity contribution in [2.24, 2.45) is 0 Å². The number of hydrogen-bond acceptors (Lipinski definition) is 6. The Balaban J connectivity index is 1.10. The Morgan fingerprint density at radius 3 is 1.35 bits per heavy atom. The summed E-state index contributed by atoms with van der Waals surface area (Å²) in [5, 5.41) is 31.8. The number of rotatable bonds is 14. The molecule has 8 rings (SSSR count). The topological polar surface area (TPSA) is 202 Å². The fourth-order valence-electron chi connectivity index (χ4n) is 9.43. The van der Waals surface area contributed by atoms with Gasteiger partial charge in [-0.3, -0.25) is 19.2 Å². The number of hydrogen-bond donors (Lipinski definition) is 6. The van der Waals surface area contributed by atoms with E-state index < -0.39 is 48.2 Å². The summed E-state index contributed by atoms with van der Waals surface area (Å²) in [6.45, 7) is 2.72. The Morgan fingerprint density at radius 2 is 0.969 bits per heavy atom. The van der Waals surface area contributed by atoms with E-state index in [0.29, 0.717) is 61.3 Å². The highest BCUT2D eigenvalue weighted by atomic mass is 16.4. The van der Waals surface area contributed by atoms with E-state index in [4.69, 9.17) is 0 Å². The van der Waals surface area contributed by atoms with Crippen LogP contribution in [0.5, 0.6) is 0 Å². The van der Waals surface area contributed by atoms with Crippen LogP contribution in [0.25, 0.3) is 21.8 Å². The quantitative estimate of drug-likeness (QED) is 0.0631. The second kappa shape index (κ2) is 19.4. The zero-order valence-corrected chi connectivity index (χ0v) is 35.9. The van der Waals surface area contributed by atoms with Crippen molar-refractivity contribution in [2.75, 3.05) is 23.7 Å². The third kappa shape index (κ3) is 9.35. The lowest BCUT2D eigenvalue weighted by Gasteiger charge is -2.28. The molecular weight excluding hydrogens is 827 g/mol. The van der Waals surface area contributed by atoms with Crippen LogP contribution in [-0.2, 0) is 19.2 Å². The van der Waals surface area contributed by atoms with Crippen LogP contribution in [0.3, 0.4) is 0 Å². The fraction of sp³-hybridized carbons (Fsp3) is 0.280. The van der Waals surface area contributed by atoms with Crippen LogP contribution >= 0.6 is 0 Å². The first-order valence-electron chi connectivity index (χ1n) is 22.0. The highest BCUT2D eigenvalue weighted by molar-refractivity contribution is 6.11. The molecule has 1 aromatic heterocycles. The molecule has 334 valence electrons. The second-order valence-corrected chi connectivity index (χ2v) is 16.5. The van der Waals surface area contributed by atoms with Gasteiger partial charge in [0.25, 0.3) is 11.8 Å². The molecule has 3 unspecified atom stereocenters. The van der Waals surface area contributed by atoms with Crippen LogP contribution in [0.15, 0.2) is 127 Å². The third-order valence-corrected chi connectivity index (χ3v) is 12.4. The summed E-state index contributed by atoms with van der Waals surface area (Å²) in [5.74, 6) is -1.77. The molecule has 0 bridgehead atoms. The molecule has 5 aromatic carbocycles. The Hall–Kier alpha value is -7.68. The minimum absolute atomic E-state index is 0.141. The zero-order valence-electron chi connectivity index (χ0n) is 35.9. The minimum atomic E-state index is -1.35. The van der Waals surface area contributed by atoms with E-state index in [1.807, 2.05) is 54.6 Å². The Labute approximate surface area is 375 Å². The van der Waals surface area contributed by atoms with Crippen molar-refractivity contribution in [3.8, 4) is 0 Å². The normalized spacial score (nSPS) is 17.3. The van der Waals surface area contributed by atoms with Gasteiger partial charge in [0, 0.05) is 35.2 Å². The van der Waals surface area contributed by atoms with E-state index in [9.17, 15) is 39.0 Å². The van der Waals surface area contributed by atoms with Gasteiger partial charge in [-0.05, 0) is 73.1 Å². The number of carbonyl (C=O) groups excluding carboxylic acids is 4. The van der Waals surface area contributed by atoms with Crippen molar-refractivity contribution in [1.29, 1.82) is 0 Å². The maximum atomic E-state index is 14.1. The molecule has 15 heteroatoms. The van der Waals surface area contributed by atoms with Crippen LogP contribution in [0.4, 0.5) is 21.0 Å². The van der Waals surface area contributed by atoms with Gasteiger partial charge in [-0.25, -0.2) is 9.59 Å². The fourth-order valence-corrected chi connectivity index (χ4v) is 9.43. The predicted molar refractivity (Wildman–Crippen MR) is 246 cm³/mol. The Bertz CT molecular complexity index is 2570. The molecule has 6 N–H and O–H groups in total. The summed E-state index contributed by atoms with van der Waals surface area (Å²) in [6.07, 6.45) is 0.904. The molecule has 0 spiro atoms. The standard InChI is InChI=1S/C50H51N7O8/c1-2-14-38(31-15-6-3-7-16-31)57-41-29-34(51-45(58)39-21-12-27-55(39)47(60)43(53-49(62)63)32-17-8-4-9-18-32)23-25-36(41)37-26-24-35(30-42(37)57)52-46(59)40-22-13-28-56(40)48(61)44(54-50(64)65)33-19-10-5-11-20-33/h3-11,15-20,23-26,29-30,38-40,43-44,53-54H,2,12-14,21-22,27-28H2,1H3,(H,51,58)(H,52,59)(H,62,63)(H,64,65)/t38?,39-,40-,43?,44?/m0/s1. The van der Waals surface area contributed by atoms with E-state index in [0.717, 1.165) is 40.2 Å². The molecule has 0 saturated carbocycles. The second-order valence-electron chi connectivity index (χ2n) is 16.5. The molecule has 6 amide bonds. The van der Waals surface area contributed by atoms with Gasteiger partial charge in [0.05, 0.1) is 17.1 Å². The summed E-state index contributed by atoms with van der Waals surface area (Å²) in [4.78, 5) is 82.5. The smallest absolute Gasteiger partial charge is 0.405 e. The van der Waals surface area contributed by atoms with Crippen molar-refractivity contribution in [3.63, 3.8) is 0 Å². The van der Waals surface area contributed by atoms with Crippen LogP contribution in [-0.4, -0.2) is 85.6 Å². The molecule has 2 aliphatic rings. The lowest BCUT2D eigenvalue weighted by atomic mass is 10.0. The highest BCUT2D eigenvalue weighted by Gasteiger charge is 2.40. The molecule has 65 heavy (non-hydrogen) atoms. The number of carboxylic acid groups (broad SMARTS) is 2. The molecule has 0 radical (unpaired) electrons. The molecule has 0 aliphatic carbocycles. The van der Waals surface area contributed by atoms with Crippen LogP contribution in [0, 0.1) is 0 Å². The minimum Gasteiger partial charge on any atom is -0.465 e. The molecular formula is C50H51N7O8. The van der Waals surface area contributed by atoms with E-state index in [1.54, 1.807) is 60.7 Å². The molecule has 2 fully saturated rings. The number of carbonyl (C=O) groups is 6. The lowest BCUT2D eigenvalue weighted by Crippen LogP contribution is -2.48. The number of benzene rings is 5. The first-order valence-corrected chi connectivity index (χ1v) is 22.0. The number of nitrogens with zero attached hydrogens (tertiary/aromatic N) is 3. The van der Waals surface area contributed by atoms with E-state index in [2.05, 4.69) is 44.9 Å². The predicted octanol–water partition coefficient (Wildman–Crippen LogP) is 8.06. The molecule has 5 atom stereocenters. The van der Waals surface area contributed by atoms with Crippen molar-refractivity contribution < 1.29 is 39.0 Å². The van der Waals surface area contributed by atoms with Gasteiger partial charge in [-0.15, -0.1) is 0 Å². The average Bonchev–Trinajstić information content (AvgIpc) is 4.08. The van der Waals surface area contributed by atoms with Crippen molar-refractivity contribution in [3.05, 3.63) is 144 Å².